The molecule has 1 aromatic heterocycles. The third kappa shape index (κ3) is 4.02. The van der Waals surface area contributed by atoms with Crippen LogP contribution < -0.4 is 5.73 Å². The van der Waals surface area contributed by atoms with Crippen LogP contribution in [0.4, 0.5) is 0 Å². The molecule has 2 rings (SSSR count). The summed E-state index contributed by atoms with van der Waals surface area (Å²) in [5, 5.41) is 4.71. The lowest BCUT2D eigenvalue weighted by molar-refractivity contribution is 0.328. The van der Waals surface area contributed by atoms with Gasteiger partial charge in [0.1, 0.15) is 0 Å². The highest BCUT2D eigenvalue weighted by Crippen LogP contribution is 2.27. The highest BCUT2D eigenvalue weighted by atomic mass is 32.2. The van der Waals surface area contributed by atoms with Crippen LogP contribution in [0.5, 0.6) is 0 Å². The van der Waals surface area contributed by atoms with Crippen molar-refractivity contribution in [2.24, 2.45) is 5.73 Å². The van der Waals surface area contributed by atoms with Crippen LogP contribution in [0.2, 0.25) is 0 Å². The van der Waals surface area contributed by atoms with Crippen molar-refractivity contribution in [1.82, 2.24) is 9.78 Å². The quantitative estimate of drug-likeness (QED) is 0.861. The molecule has 18 heavy (non-hydrogen) atoms. The zero-order valence-electron chi connectivity index (χ0n) is 11.3. The molecule has 1 atom stereocenters. The van der Waals surface area contributed by atoms with E-state index in [1.54, 1.807) is 0 Å². The van der Waals surface area contributed by atoms with E-state index in [0.29, 0.717) is 6.04 Å². The van der Waals surface area contributed by atoms with Crippen molar-refractivity contribution in [3.63, 3.8) is 0 Å². The van der Waals surface area contributed by atoms with Crippen molar-refractivity contribution in [1.29, 1.82) is 0 Å². The van der Waals surface area contributed by atoms with Gasteiger partial charge in [-0.05, 0) is 24.7 Å². The molecular weight excluding hydrogens is 242 g/mol. The second-order valence-corrected chi connectivity index (χ2v) is 6.52. The van der Waals surface area contributed by atoms with Gasteiger partial charge < -0.3 is 5.73 Å². The second kappa shape index (κ2) is 7.19. The smallest absolute Gasteiger partial charge is 0.0640 e. The average molecular weight is 267 g/mol. The van der Waals surface area contributed by atoms with Gasteiger partial charge >= 0.3 is 0 Å². The molecule has 4 heteroatoms. The van der Waals surface area contributed by atoms with Gasteiger partial charge in [-0.25, -0.2) is 0 Å². The Bertz CT molecular complexity index is 345. The van der Waals surface area contributed by atoms with E-state index in [0.717, 1.165) is 23.6 Å². The zero-order valence-corrected chi connectivity index (χ0v) is 12.2. The SMILES string of the molecule is CCSCC(N)Cc1ccn(C2CCCCC2)n1. The molecule has 1 fully saturated rings. The van der Waals surface area contributed by atoms with E-state index in [-0.39, 0.29) is 6.04 Å². The predicted octanol–water partition coefficient (Wildman–Crippen LogP) is 3.01. The van der Waals surface area contributed by atoms with Gasteiger partial charge in [-0.15, -0.1) is 0 Å². The number of nitrogens with zero attached hydrogens (tertiary/aromatic N) is 2. The molecule has 2 N–H and O–H groups in total. The number of nitrogens with two attached hydrogens (primary N) is 1. The van der Waals surface area contributed by atoms with Crippen molar-refractivity contribution in [2.75, 3.05) is 11.5 Å². The maximum absolute atomic E-state index is 6.11. The van der Waals surface area contributed by atoms with Crippen LogP contribution in [0.15, 0.2) is 12.3 Å². The molecule has 1 aliphatic carbocycles. The standard InChI is InChI=1S/C14H25N3S/c1-2-18-11-12(15)10-13-8-9-17(16-13)14-6-4-3-5-7-14/h8-9,12,14H,2-7,10-11,15H2,1H3. The Morgan fingerprint density at radius 1 is 1.44 bits per heavy atom. The average Bonchev–Trinajstić information content (AvgIpc) is 2.86. The van der Waals surface area contributed by atoms with Crippen LogP contribution in [0, 0.1) is 0 Å². The fourth-order valence-electron chi connectivity index (χ4n) is 2.63. The van der Waals surface area contributed by atoms with Crippen molar-refractivity contribution < 1.29 is 0 Å². The number of thioether (sulfide) groups is 1. The first-order valence-corrected chi connectivity index (χ1v) is 8.32. The molecule has 0 radical (unpaired) electrons. The minimum absolute atomic E-state index is 0.240. The van der Waals surface area contributed by atoms with Crippen molar-refractivity contribution in [2.45, 2.75) is 57.5 Å². The van der Waals surface area contributed by atoms with Gasteiger partial charge in [0, 0.05) is 24.4 Å². The predicted molar refractivity (Wildman–Crippen MR) is 79.0 cm³/mol. The van der Waals surface area contributed by atoms with Crippen LogP contribution in [-0.2, 0) is 6.42 Å². The van der Waals surface area contributed by atoms with E-state index in [1.807, 2.05) is 11.8 Å². The lowest BCUT2D eigenvalue weighted by Gasteiger charge is -2.21. The number of rotatable bonds is 6. The molecule has 1 heterocycles. The Morgan fingerprint density at radius 2 is 2.22 bits per heavy atom. The van der Waals surface area contributed by atoms with Gasteiger partial charge in [-0.1, -0.05) is 26.2 Å². The van der Waals surface area contributed by atoms with Crippen LogP contribution in [0.3, 0.4) is 0 Å². The first-order valence-electron chi connectivity index (χ1n) is 7.17. The lowest BCUT2D eigenvalue weighted by atomic mass is 9.96. The Balaban J connectivity index is 1.85. The normalized spacial score (nSPS) is 19.0. The summed E-state index contributed by atoms with van der Waals surface area (Å²) >= 11 is 1.91. The summed E-state index contributed by atoms with van der Waals surface area (Å²) in [6.45, 7) is 2.18. The van der Waals surface area contributed by atoms with Gasteiger partial charge in [0.2, 0.25) is 0 Å². The van der Waals surface area contributed by atoms with Gasteiger partial charge in [0.05, 0.1) is 11.7 Å². The van der Waals surface area contributed by atoms with Crippen LogP contribution in [0.1, 0.15) is 50.8 Å². The van der Waals surface area contributed by atoms with Crippen molar-refractivity contribution in [3.8, 4) is 0 Å². The maximum atomic E-state index is 6.11. The summed E-state index contributed by atoms with van der Waals surface area (Å²) in [5.74, 6) is 2.18. The lowest BCUT2D eigenvalue weighted by Crippen LogP contribution is -2.26. The summed E-state index contributed by atoms with van der Waals surface area (Å²) in [7, 11) is 0. The molecule has 0 aliphatic heterocycles. The Kier molecular flexibility index (Phi) is 5.57. The Labute approximate surface area is 115 Å². The zero-order chi connectivity index (χ0) is 12.8. The highest BCUT2D eigenvalue weighted by molar-refractivity contribution is 7.99. The monoisotopic (exact) mass is 267 g/mol. The largest absolute Gasteiger partial charge is 0.327 e. The molecule has 1 aromatic rings. The van der Waals surface area contributed by atoms with Crippen LogP contribution in [-0.4, -0.2) is 27.3 Å². The topological polar surface area (TPSA) is 43.8 Å². The first-order chi connectivity index (χ1) is 8.79. The van der Waals surface area contributed by atoms with Crippen LogP contribution in [0.25, 0.3) is 0 Å². The number of hydrogen-bond donors (Lipinski definition) is 1. The van der Waals surface area contributed by atoms with Gasteiger partial charge in [-0.2, -0.15) is 16.9 Å². The molecule has 0 bridgehead atoms. The summed E-state index contributed by atoms with van der Waals surface area (Å²) in [4.78, 5) is 0. The van der Waals surface area contributed by atoms with E-state index < -0.39 is 0 Å². The molecule has 0 aromatic carbocycles. The van der Waals surface area contributed by atoms with E-state index >= 15 is 0 Å². The van der Waals surface area contributed by atoms with Crippen LogP contribution >= 0.6 is 11.8 Å². The fraction of sp³-hybridized carbons (Fsp3) is 0.786. The molecule has 102 valence electrons. The van der Waals surface area contributed by atoms with Gasteiger partial charge in [0.25, 0.3) is 0 Å². The molecule has 1 saturated carbocycles. The molecule has 0 spiro atoms. The second-order valence-electron chi connectivity index (χ2n) is 5.20. The van der Waals surface area contributed by atoms with E-state index in [9.17, 15) is 0 Å². The minimum atomic E-state index is 0.240. The Hall–Kier alpha value is -0.480. The van der Waals surface area contributed by atoms with Crippen molar-refractivity contribution >= 4 is 11.8 Å². The minimum Gasteiger partial charge on any atom is -0.327 e. The molecule has 0 saturated heterocycles. The summed E-state index contributed by atoms with van der Waals surface area (Å²) in [6, 6.07) is 3.02. The summed E-state index contributed by atoms with van der Waals surface area (Å²) < 4.78 is 2.17. The maximum Gasteiger partial charge on any atom is 0.0640 e. The van der Waals surface area contributed by atoms with E-state index in [1.165, 1.54) is 32.1 Å². The molecular formula is C14H25N3S. The third-order valence-electron chi connectivity index (χ3n) is 3.62. The summed E-state index contributed by atoms with van der Waals surface area (Å²) in [6.07, 6.45) is 9.73. The Morgan fingerprint density at radius 3 is 2.94 bits per heavy atom. The molecule has 1 unspecified atom stereocenters. The first kappa shape index (κ1) is 13.9. The number of hydrogen-bond acceptors (Lipinski definition) is 3. The molecule has 3 nitrogen and oxygen atoms in total. The van der Waals surface area contributed by atoms with Crippen molar-refractivity contribution in [3.05, 3.63) is 18.0 Å². The van der Waals surface area contributed by atoms with Gasteiger partial charge in [-0.3, -0.25) is 4.68 Å². The third-order valence-corrected chi connectivity index (χ3v) is 4.69. The van der Waals surface area contributed by atoms with E-state index in [2.05, 4.69) is 23.9 Å². The van der Waals surface area contributed by atoms with Gasteiger partial charge in [0.15, 0.2) is 0 Å². The number of aromatic nitrogens is 2. The fourth-order valence-corrected chi connectivity index (χ4v) is 3.29. The van der Waals surface area contributed by atoms with E-state index in [4.69, 9.17) is 10.8 Å². The molecule has 1 aliphatic rings. The highest BCUT2D eigenvalue weighted by Gasteiger charge is 2.16. The molecule has 0 amide bonds. The summed E-state index contributed by atoms with van der Waals surface area (Å²) in [5.41, 5.74) is 7.27.